The molecule has 1 saturated heterocycles. The first-order valence-electron chi connectivity index (χ1n) is 7.21. The standard InChI is InChI=1S/C14H20N4OS2/c1-9-12(21-10(2)15-9)13-16-17-14(19-13)20-8-11-5-4-6-18(3)7-11/h11H,4-8H2,1-3H3/t11-/m0/s1. The molecule has 0 bridgehead atoms. The van der Waals surface area contributed by atoms with Gasteiger partial charge >= 0.3 is 0 Å². The van der Waals surface area contributed by atoms with Crippen LogP contribution in [-0.4, -0.2) is 46.0 Å². The number of thioether (sulfide) groups is 1. The SMILES string of the molecule is Cc1nc(C)c(-c2nnc(SC[C@H]3CCCN(C)C3)o2)s1. The molecule has 7 heteroatoms. The lowest BCUT2D eigenvalue weighted by Crippen LogP contribution is -2.33. The lowest BCUT2D eigenvalue weighted by atomic mass is 10.0. The summed E-state index contributed by atoms with van der Waals surface area (Å²) in [4.78, 5) is 7.79. The van der Waals surface area contributed by atoms with Gasteiger partial charge in [0.05, 0.1) is 10.7 Å². The van der Waals surface area contributed by atoms with Gasteiger partial charge in [0, 0.05) is 12.3 Å². The monoisotopic (exact) mass is 324 g/mol. The number of piperidine rings is 1. The normalized spacial score (nSPS) is 20.0. The molecule has 1 aliphatic heterocycles. The predicted octanol–water partition coefficient (Wildman–Crippen LogP) is 3.24. The maximum atomic E-state index is 5.78. The number of rotatable bonds is 4. The predicted molar refractivity (Wildman–Crippen MR) is 85.8 cm³/mol. The second kappa shape index (κ2) is 6.46. The molecule has 5 nitrogen and oxygen atoms in total. The zero-order valence-electron chi connectivity index (χ0n) is 12.6. The average molecular weight is 324 g/mol. The number of thiazole rings is 1. The summed E-state index contributed by atoms with van der Waals surface area (Å²) in [6, 6.07) is 0. The first-order chi connectivity index (χ1) is 10.1. The van der Waals surface area contributed by atoms with Gasteiger partial charge in [-0.3, -0.25) is 0 Å². The van der Waals surface area contributed by atoms with Crippen LogP contribution in [0.5, 0.6) is 0 Å². The molecule has 21 heavy (non-hydrogen) atoms. The summed E-state index contributed by atoms with van der Waals surface area (Å²) in [5.41, 5.74) is 0.964. The first-order valence-corrected chi connectivity index (χ1v) is 9.01. The quantitative estimate of drug-likeness (QED) is 0.805. The highest BCUT2D eigenvalue weighted by Gasteiger charge is 2.19. The smallest absolute Gasteiger partial charge is 0.276 e. The summed E-state index contributed by atoms with van der Waals surface area (Å²) in [6.45, 7) is 6.36. The topological polar surface area (TPSA) is 55.1 Å². The van der Waals surface area contributed by atoms with Crippen LogP contribution >= 0.6 is 23.1 Å². The number of aromatic nitrogens is 3. The molecule has 0 saturated carbocycles. The Hall–Kier alpha value is -0.920. The summed E-state index contributed by atoms with van der Waals surface area (Å²) in [5, 5.41) is 10.0. The Labute approximate surface area is 133 Å². The van der Waals surface area contributed by atoms with Gasteiger partial charge in [-0.05, 0) is 46.2 Å². The Bertz CT molecular complexity index is 610. The van der Waals surface area contributed by atoms with Gasteiger partial charge in [0.15, 0.2) is 0 Å². The molecule has 0 amide bonds. The van der Waals surface area contributed by atoms with Gasteiger partial charge in [-0.15, -0.1) is 21.5 Å². The van der Waals surface area contributed by atoms with E-state index in [1.807, 2.05) is 13.8 Å². The Balaban J connectivity index is 1.61. The molecule has 1 atom stereocenters. The van der Waals surface area contributed by atoms with Crippen LogP contribution < -0.4 is 0 Å². The van der Waals surface area contributed by atoms with E-state index in [2.05, 4.69) is 27.1 Å². The fraction of sp³-hybridized carbons (Fsp3) is 0.643. The van der Waals surface area contributed by atoms with Crippen LogP contribution in [0.4, 0.5) is 0 Å². The minimum Gasteiger partial charge on any atom is -0.410 e. The number of likely N-dealkylation sites (tertiary alicyclic amines) is 1. The molecule has 2 aromatic rings. The van der Waals surface area contributed by atoms with Crippen molar-refractivity contribution in [1.29, 1.82) is 0 Å². The largest absolute Gasteiger partial charge is 0.410 e. The van der Waals surface area contributed by atoms with Gasteiger partial charge in [0.1, 0.15) is 4.88 Å². The highest BCUT2D eigenvalue weighted by atomic mass is 32.2. The van der Waals surface area contributed by atoms with Crippen molar-refractivity contribution in [2.45, 2.75) is 31.9 Å². The molecule has 2 aromatic heterocycles. The van der Waals surface area contributed by atoms with Crippen molar-refractivity contribution in [3.8, 4) is 10.8 Å². The van der Waals surface area contributed by atoms with Crippen molar-refractivity contribution in [2.75, 3.05) is 25.9 Å². The molecule has 0 N–H and O–H groups in total. The van der Waals surface area contributed by atoms with E-state index < -0.39 is 0 Å². The molecule has 0 aliphatic carbocycles. The molecular formula is C14H20N4OS2. The van der Waals surface area contributed by atoms with Crippen LogP contribution in [0.15, 0.2) is 9.64 Å². The minimum absolute atomic E-state index is 0.598. The second-order valence-corrected chi connectivity index (χ2v) is 7.78. The van der Waals surface area contributed by atoms with Gasteiger partial charge in [-0.2, -0.15) is 0 Å². The summed E-state index contributed by atoms with van der Waals surface area (Å²) >= 11 is 3.28. The van der Waals surface area contributed by atoms with Crippen LogP contribution in [-0.2, 0) is 0 Å². The highest BCUT2D eigenvalue weighted by molar-refractivity contribution is 7.99. The number of aryl methyl sites for hydroxylation is 2. The van der Waals surface area contributed by atoms with E-state index in [-0.39, 0.29) is 0 Å². The molecule has 0 spiro atoms. The zero-order chi connectivity index (χ0) is 14.8. The molecule has 0 unspecified atom stereocenters. The van der Waals surface area contributed by atoms with Crippen molar-refractivity contribution in [1.82, 2.24) is 20.1 Å². The van der Waals surface area contributed by atoms with Crippen LogP contribution in [0.1, 0.15) is 23.5 Å². The molecule has 0 aromatic carbocycles. The fourth-order valence-corrected chi connectivity index (χ4v) is 4.42. The molecule has 1 aliphatic rings. The number of hydrogen-bond acceptors (Lipinski definition) is 7. The Morgan fingerprint density at radius 1 is 1.38 bits per heavy atom. The van der Waals surface area contributed by atoms with Crippen LogP contribution in [0, 0.1) is 19.8 Å². The van der Waals surface area contributed by atoms with Crippen molar-refractivity contribution in [3.05, 3.63) is 10.7 Å². The van der Waals surface area contributed by atoms with Crippen LogP contribution in [0.25, 0.3) is 10.8 Å². The van der Waals surface area contributed by atoms with Gasteiger partial charge in [0.25, 0.3) is 11.1 Å². The third kappa shape index (κ3) is 3.64. The van der Waals surface area contributed by atoms with Crippen molar-refractivity contribution >= 4 is 23.1 Å². The third-order valence-electron chi connectivity index (χ3n) is 3.67. The third-order valence-corrected chi connectivity index (χ3v) is 5.78. The molecule has 114 valence electrons. The Kier molecular flexibility index (Phi) is 4.61. The summed E-state index contributed by atoms with van der Waals surface area (Å²) in [6.07, 6.45) is 2.58. The molecule has 0 radical (unpaired) electrons. The maximum absolute atomic E-state index is 5.78. The van der Waals surface area contributed by atoms with E-state index in [9.17, 15) is 0 Å². The second-order valence-electron chi connectivity index (χ2n) is 5.60. The van der Waals surface area contributed by atoms with E-state index in [0.29, 0.717) is 11.1 Å². The van der Waals surface area contributed by atoms with Crippen molar-refractivity contribution in [3.63, 3.8) is 0 Å². The first kappa shape index (κ1) is 15.0. The van der Waals surface area contributed by atoms with Gasteiger partial charge in [-0.25, -0.2) is 4.98 Å². The lowest BCUT2D eigenvalue weighted by molar-refractivity contribution is 0.224. The van der Waals surface area contributed by atoms with Gasteiger partial charge in [-0.1, -0.05) is 11.8 Å². The molecular weight excluding hydrogens is 304 g/mol. The van der Waals surface area contributed by atoms with Crippen LogP contribution in [0.2, 0.25) is 0 Å². The van der Waals surface area contributed by atoms with E-state index in [4.69, 9.17) is 4.42 Å². The van der Waals surface area contributed by atoms with Gasteiger partial charge in [0.2, 0.25) is 0 Å². The summed E-state index contributed by atoms with van der Waals surface area (Å²) in [5.74, 6) is 2.37. The minimum atomic E-state index is 0.598. The summed E-state index contributed by atoms with van der Waals surface area (Å²) < 4.78 is 5.78. The lowest BCUT2D eigenvalue weighted by Gasteiger charge is -2.28. The van der Waals surface area contributed by atoms with Crippen molar-refractivity contribution in [2.24, 2.45) is 5.92 Å². The molecule has 1 fully saturated rings. The number of hydrogen-bond donors (Lipinski definition) is 0. The fourth-order valence-electron chi connectivity index (χ4n) is 2.69. The maximum Gasteiger partial charge on any atom is 0.276 e. The summed E-state index contributed by atoms with van der Waals surface area (Å²) in [7, 11) is 2.19. The van der Waals surface area contributed by atoms with E-state index in [1.54, 1.807) is 23.1 Å². The van der Waals surface area contributed by atoms with E-state index in [0.717, 1.165) is 27.2 Å². The average Bonchev–Trinajstić information content (AvgIpc) is 3.03. The van der Waals surface area contributed by atoms with Crippen molar-refractivity contribution < 1.29 is 4.42 Å². The molecule has 3 heterocycles. The van der Waals surface area contributed by atoms with E-state index >= 15 is 0 Å². The van der Waals surface area contributed by atoms with Crippen LogP contribution in [0.3, 0.4) is 0 Å². The zero-order valence-corrected chi connectivity index (χ0v) is 14.3. The Morgan fingerprint density at radius 2 is 2.24 bits per heavy atom. The Morgan fingerprint density at radius 3 is 2.95 bits per heavy atom. The number of nitrogens with zero attached hydrogens (tertiary/aromatic N) is 4. The highest BCUT2D eigenvalue weighted by Crippen LogP contribution is 2.31. The molecule has 3 rings (SSSR count). The van der Waals surface area contributed by atoms with E-state index in [1.165, 1.54) is 25.9 Å². The van der Waals surface area contributed by atoms with Gasteiger partial charge < -0.3 is 9.32 Å².